The Labute approximate surface area is 104 Å². The minimum Gasteiger partial charge on any atom is -0.492 e. The van der Waals surface area contributed by atoms with Crippen LogP contribution in [-0.2, 0) is 0 Å². The number of ether oxygens (including phenoxy) is 1. The van der Waals surface area contributed by atoms with Gasteiger partial charge in [0.25, 0.3) is 0 Å². The third-order valence-electron chi connectivity index (χ3n) is 2.26. The number of carboxylic acid groups (broad SMARTS) is 1. The second-order valence-corrected chi connectivity index (χ2v) is 3.52. The Morgan fingerprint density at radius 2 is 2.11 bits per heavy atom. The summed E-state index contributed by atoms with van der Waals surface area (Å²) in [6, 6.07) is 10.3. The van der Waals surface area contributed by atoms with Crippen molar-refractivity contribution in [3.63, 3.8) is 0 Å². The number of benzene rings is 1. The summed E-state index contributed by atoms with van der Waals surface area (Å²) in [6.07, 6.45) is 0. The molecule has 0 atom stereocenters. The Kier molecular flexibility index (Phi) is 3.52. The predicted molar refractivity (Wildman–Crippen MR) is 66.6 cm³/mol. The molecule has 1 aromatic carbocycles. The maximum Gasteiger partial charge on any atom is 0.371 e. The topological polar surface area (TPSA) is 71.7 Å². The normalized spacial score (nSPS) is 10.1. The number of para-hydroxylation sites is 2. The number of hydrogen-bond acceptors (Lipinski definition) is 4. The number of carboxylic acids is 1. The molecule has 1 aromatic heterocycles. The molecule has 1 heterocycles. The first kappa shape index (κ1) is 12.0. The molecule has 18 heavy (non-hydrogen) atoms. The molecule has 0 bridgehead atoms. The quantitative estimate of drug-likeness (QED) is 0.849. The van der Waals surface area contributed by atoms with E-state index in [9.17, 15) is 4.79 Å². The maximum atomic E-state index is 10.7. The van der Waals surface area contributed by atoms with Crippen molar-refractivity contribution in [3.8, 4) is 5.75 Å². The van der Waals surface area contributed by atoms with Gasteiger partial charge in [-0.15, -0.1) is 0 Å². The van der Waals surface area contributed by atoms with Crippen molar-refractivity contribution in [1.29, 1.82) is 0 Å². The van der Waals surface area contributed by atoms with Gasteiger partial charge in [-0.2, -0.15) is 0 Å². The Morgan fingerprint density at radius 1 is 1.33 bits per heavy atom. The monoisotopic (exact) mass is 247 g/mol. The number of anilines is 2. The second-order valence-electron chi connectivity index (χ2n) is 3.52. The highest BCUT2D eigenvalue weighted by Crippen LogP contribution is 2.28. The van der Waals surface area contributed by atoms with Crippen LogP contribution in [0.1, 0.15) is 17.5 Å². The fourth-order valence-corrected chi connectivity index (χ4v) is 1.50. The number of rotatable bonds is 5. The fraction of sp³-hybridized carbons (Fsp3) is 0.154. The van der Waals surface area contributed by atoms with Gasteiger partial charge in [0.15, 0.2) is 5.88 Å². The highest BCUT2D eigenvalue weighted by atomic mass is 16.5. The first-order chi connectivity index (χ1) is 8.70. The third-order valence-corrected chi connectivity index (χ3v) is 2.26. The van der Waals surface area contributed by atoms with Crippen LogP contribution in [0, 0.1) is 0 Å². The van der Waals surface area contributed by atoms with E-state index >= 15 is 0 Å². The Hall–Kier alpha value is -2.43. The summed E-state index contributed by atoms with van der Waals surface area (Å²) in [5.41, 5.74) is 0.727. The molecule has 0 saturated heterocycles. The molecule has 0 aliphatic heterocycles. The lowest BCUT2D eigenvalue weighted by Gasteiger charge is -2.09. The predicted octanol–water partition coefficient (Wildman–Crippen LogP) is 3.12. The zero-order valence-electron chi connectivity index (χ0n) is 9.84. The largest absolute Gasteiger partial charge is 0.492 e. The van der Waals surface area contributed by atoms with E-state index in [2.05, 4.69) is 5.32 Å². The molecule has 2 aromatic rings. The van der Waals surface area contributed by atoms with E-state index in [1.807, 2.05) is 31.2 Å². The number of nitrogens with one attached hydrogen (secondary N) is 1. The highest BCUT2D eigenvalue weighted by Gasteiger charge is 2.10. The van der Waals surface area contributed by atoms with E-state index in [0.29, 0.717) is 18.2 Å². The van der Waals surface area contributed by atoms with Gasteiger partial charge in [0.1, 0.15) is 5.75 Å². The van der Waals surface area contributed by atoms with Crippen LogP contribution in [0.25, 0.3) is 0 Å². The molecule has 0 saturated carbocycles. The van der Waals surface area contributed by atoms with E-state index in [0.717, 1.165) is 5.69 Å². The maximum absolute atomic E-state index is 10.7. The number of hydrogen-bond donors (Lipinski definition) is 2. The molecule has 0 unspecified atom stereocenters. The SMILES string of the molecule is CCOc1ccccc1Nc1ccc(C(=O)O)o1. The van der Waals surface area contributed by atoms with Crippen LogP contribution in [0.4, 0.5) is 11.6 Å². The molecule has 5 heteroatoms. The summed E-state index contributed by atoms with van der Waals surface area (Å²) >= 11 is 0. The lowest BCUT2D eigenvalue weighted by molar-refractivity contribution is 0.0663. The first-order valence-corrected chi connectivity index (χ1v) is 5.52. The van der Waals surface area contributed by atoms with Crippen molar-refractivity contribution >= 4 is 17.5 Å². The van der Waals surface area contributed by atoms with Crippen molar-refractivity contribution in [2.24, 2.45) is 0 Å². The molecule has 0 aliphatic carbocycles. The van der Waals surface area contributed by atoms with Crippen LogP contribution in [0.5, 0.6) is 5.75 Å². The molecule has 2 rings (SSSR count). The molecule has 0 aliphatic rings. The molecule has 94 valence electrons. The minimum atomic E-state index is -1.10. The molecule has 0 spiro atoms. The molecule has 0 amide bonds. The van der Waals surface area contributed by atoms with Crippen LogP contribution in [-0.4, -0.2) is 17.7 Å². The zero-order chi connectivity index (χ0) is 13.0. The lowest BCUT2D eigenvalue weighted by atomic mass is 10.3. The summed E-state index contributed by atoms with van der Waals surface area (Å²) in [7, 11) is 0. The first-order valence-electron chi connectivity index (χ1n) is 5.52. The summed E-state index contributed by atoms with van der Waals surface area (Å²) in [4.78, 5) is 10.7. The van der Waals surface area contributed by atoms with Gasteiger partial charge >= 0.3 is 5.97 Å². The Morgan fingerprint density at radius 3 is 2.78 bits per heavy atom. The Bertz CT molecular complexity index is 547. The van der Waals surface area contributed by atoms with Crippen LogP contribution in [0.15, 0.2) is 40.8 Å². The van der Waals surface area contributed by atoms with Crippen molar-refractivity contribution in [2.45, 2.75) is 6.92 Å². The van der Waals surface area contributed by atoms with Crippen molar-refractivity contribution < 1.29 is 19.1 Å². The van der Waals surface area contributed by atoms with Crippen molar-refractivity contribution in [3.05, 3.63) is 42.2 Å². The van der Waals surface area contributed by atoms with E-state index in [1.54, 1.807) is 6.07 Å². The van der Waals surface area contributed by atoms with Crippen LogP contribution in [0.2, 0.25) is 0 Å². The van der Waals surface area contributed by atoms with Crippen molar-refractivity contribution in [1.82, 2.24) is 0 Å². The van der Waals surface area contributed by atoms with E-state index < -0.39 is 5.97 Å². The van der Waals surface area contributed by atoms with E-state index in [-0.39, 0.29) is 5.76 Å². The van der Waals surface area contributed by atoms with Gasteiger partial charge in [0.05, 0.1) is 12.3 Å². The van der Waals surface area contributed by atoms with Gasteiger partial charge < -0.3 is 19.6 Å². The second kappa shape index (κ2) is 5.27. The van der Waals surface area contributed by atoms with Gasteiger partial charge in [-0.1, -0.05) is 12.1 Å². The highest BCUT2D eigenvalue weighted by molar-refractivity contribution is 5.85. The van der Waals surface area contributed by atoms with Gasteiger partial charge in [-0.25, -0.2) is 4.79 Å². The molecule has 5 nitrogen and oxygen atoms in total. The lowest BCUT2D eigenvalue weighted by Crippen LogP contribution is -1.97. The molecular weight excluding hydrogens is 234 g/mol. The average Bonchev–Trinajstić information content (AvgIpc) is 2.81. The third kappa shape index (κ3) is 2.63. The van der Waals surface area contributed by atoms with Crippen LogP contribution in [0.3, 0.4) is 0 Å². The van der Waals surface area contributed by atoms with Crippen LogP contribution >= 0.6 is 0 Å². The number of aromatic carboxylic acids is 1. The summed E-state index contributed by atoms with van der Waals surface area (Å²) in [6.45, 7) is 2.45. The molecule has 0 fully saturated rings. The number of furan rings is 1. The zero-order valence-corrected chi connectivity index (χ0v) is 9.84. The summed E-state index contributed by atoms with van der Waals surface area (Å²) < 4.78 is 10.6. The average molecular weight is 247 g/mol. The standard InChI is InChI=1S/C13H13NO4/c1-2-17-10-6-4-3-5-9(10)14-12-8-7-11(18-12)13(15)16/h3-8,14H,2H2,1H3,(H,15,16). The van der Waals surface area contributed by atoms with E-state index in [1.165, 1.54) is 6.07 Å². The number of carbonyl (C=O) groups is 1. The summed E-state index contributed by atoms with van der Waals surface area (Å²) in [5, 5.41) is 11.7. The van der Waals surface area contributed by atoms with Gasteiger partial charge in [-0.3, -0.25) is 0 Å². The summed E-state index contributed by atoms with van der Waals surface area (Å²) in [5.74, 6) is -0.152. The van der Waals surface area contributed by atoms with Gasteiger partial charge in [0, 0.05) is 6.07 Å². The Balaban J connectivity index is 2.19. The van der Waals surface area contributed by atoms with Gasteiger partial charge in [-0.05, 0) is 25.1 Å². The van der Waals surface area contributed by atoms with E-state index in [4.69, 9.17) is 14.3 Å². The molecule has 2 N–H and O–H groups in total. The minimum absolute atomic E-state index is 0.105. The fourth-order valence-electron chi connectivity index (χ4n) is 1.50. The van der Waals surface area contributed by atoms with Crippen LogP contribution < -0.4 is 10.1 Å². The van der Waals surface area contributed by atoms with Crippen molar-refractivity contribution in [2.75, 3.05) is 11.9 Å². The smallest absolute Gasteiger partial charge is 0.371 e. The molecular formula is C13H13NO4. The molecule has 0 radical (unpaired) electrons. The van der Waals surface area contributed by atoms with Gasteiger partial charge in [0.2, 0.25) is 5.76 Å².